The number of amides is 1. The standard InChI is InChI=1S/C15H15NO5S2/c1-8(14(18)19)16-13(17)11(23-15(16)22)7-9-5-4-6-10(20-2)12(9)21-3/h4-8H,1-3H3,(H,18,19)/b11-7+. The molecule has 0 aromatic heterocycles. The Labute approximate surface area is 143 Å². The second-order valence-electron chi connectivity index (χ2n) is 4.65. The first-order valence-corrected chi connectivity index (χ1v) is 7.84. The van der Waals surface area contributed by atoms with Gasteiger partial charge < -0.3 is 14.6 Å². The summed E-state index contributed by atoms with van der Waals surface area (Å²) in [4.78, 5) is 25.0. The van der Waals surface area contributed by atoms with Crippen LogP contribution in [0.3, 0.4) is 0 Å². The highest BCUT2D eigenvalue weighted by molar-refractivity contribution is 8.26. The second kappa shape index (κ2) is 7.01. The fraction of sp³-hybridized carbons (Fsp3) is 0.267. The van der Waals surface area contributed by atoms with Crippen molar-refractivity contribution in [1.29, 1.82) is 0 Å². The molecule has 23 heavy (non-hydrogen) atoms. The Balaban J connectivity index is 2.40. The van der Waals surface area contributed by atoms with Crippen molar-refractivity contribution >= 4 is 46.3 Å². The summed E-state index contributed by atoms with van der Waals surface area (Å²) in [7, 11) is 3.03. The van der Waals surface area contributed by atoms with Gasteiger partial charge in [-0.25, -0.2) is 4.79 Å². The summed E-state index contributed by atoms with van der Waals surface area (Å²) in [5.41, 5.74) is 0.648. The Morgan fingerprint density at radius 3 is 2.65 bits per heavy atom. The van der Waals surface area contributed by atoms with E-state index >= 15 is 0 Å². The average Bonchev–Trinajstić information content (AvgIpc) is 2.80. The van der Waals surface area contributed by atoms with E-state index in [9.17, 15) is 9.59 Å². The molecule has 1 heterocycles. The molecule has 122 valence electrons. The van der Waals surface area contributed by atoms with Crippen molar-refractivity contribution in [3.05, 3.63) is 28.7 Å². The molecule has 0 aliphatic carbocycles. The van der Waals surface area contributed by atoms with E-state index in [1.165, 1.54) is 21.1 Å². The van der Waals surface area contributed by atoms with E-state index in [-0.39, 0.29) is 4.32 Å². The Hall–Kier alpha value is -2.06. The van der Waals surface area contributed by atoms with Crippen LogP contribution in [0.2, 0.25) is 0 Å². The molecule has 0 bridgehead atoms. The van der Waals surface area contributed by atoms with E-state index in [0.29, 0.717) is 22.0 Å². The van der Waals surface area contributed by atoms with Gasteiger partial charge >= 0.3 is 5.97 Å². The molecular formula is C15H15NO5S2. The number of ether oxygens (including phenoxy) is 2. The maximum atomic E-state index is 12.4. The molecule has 0 saturated carbocycles. The average molecular weight is 353 g/mol. The number of thiocarbonyl (C=S) groups is 1. The first kappa shape index (κ1) is 17.3. The van der Waals surface area contributed by atoms with Crippen LogP contribution >= 0.6 is 24.0 Å². The van der Waals surface area contributed by atoms with Crippen molar-refractivity contribution < 1.29 is 24.2 Å². The number of benzene rings is 1. The van der Waals surface area contributed by atoms with E-state index in [1.807, 2.05) is 0 Å². The highest BCUT2D eigenvalue weighted by Crippen LogP contribution is 2.37. The fourth-order valence-corrected chi connectivity index (χ4v) is 3.50. The van der Waals surface area contributed by atoms with Crippen molar-refractivity contribution in [3.8, 4) is 11.5 Å². The number of hydrogen-bond donors (Lipinski definition) is 1. The molecule has 1 aliphatic rings. The SMILES string of the molecule is COc1cccc(/C=C2/SC(=S)N(C(C)C(=O)O)C2=O)c1OC. The minimum Gasteiger partial charge on any atom is -0.493 e. The van der Waals surface area contributed by atoms with Gasteiger partial charge in [-0.2, -0.15) is 0 Å². The molecule has 1 amide bonds. The summed E-state index contributed by atoms with van der Waals surface area (Å²) in [5.74, 6) is -0.511. The van der Waals surface area contributed by atoms with Crippen LogP contribution in [0, 0.1) is 0 Å². The van der Waals surface area contributed by atoms with Crippen LogP contribution in [0.5, 0.6) is 11.5 Å². The third-order valence-electron chi connectivity index (χ3n) is 3.29. The number of carboxylic acid groups (broad SMARTS) is 1. The first-order valence-electron chi connectivity index (χ1n) is 6.61. The number of carboxylic acids is 1. The maximum absolute atomic E-state index is 12.4. The molecule has 1 unspecified atom stereocenters. The zero-order valence-electron chi connectivity index (χ0n) is 12.7. The van der Waals surface area contributed by atoms with E-state index in [4.69, 9.17) is 26.8 Å². The Morgan fingerprint density at radius 2 is 2.09 bits per heavy atom. The van der Waals surface area contributed by atoms with Crippen molar-refractivity contribution in [3.63, 3.8) is 0 Å². The Bertz CT molecular complexity index is 701. The van der Waals surface area contributed by atoms with Crippen LogP contribution in [0.15, 0.2) is 23.1 Å². The van der Waals surface area contributed by atoms with Crippen molar-refractivity contribution in [2.45, 2.75) is 13.0 Å². The predicted molar refractivity (Wildman–Crippen MR) is 91.7 cm³/mol. The summed E-state index contributed by atoms with van der Waals surface area (Å²) >= 11 is 6.19. The van der Waals surface area contributed by atoms with Gasteiger partial charge in [-0.15, -0.1) is 0 Å². The number of hydrogen-bond acceptors (Lipinski definition) is 6. The number of aliphatic carboxylic acids is 1. The summed E-state index contributed by atoms with van der Waals surface area (Å²) in [6.45, 7) is 1.42. The summed E-state index contributed by atoms with van der Waals surface area (Å²) in [6, 6.07) is 4.27. The van der Waals surface area contributed by atoms with E-state index < -0.39 is 17.9 Å². The molecule has 6 nitrogen and oxygen atoms in total. The molecule has 8 heteroatoms. The molecule has 1 saturated heterocycles. The van der Waals surface area contributed by atoms with Gasteiger partial charge in [0.25, 0.3) is 5.91 Å². The van der Waals surface area contributed by atoms with Gasteiger partial charge in [-0.3, -0.25) is 9.69 Å². The smallest absolute Gasteiger partial charge is 0.326 e. The lowest BCUT2D eigenvalue weighted by Crippen LogP contribution is -2.41. The number of para-hydroxylation sites is 1. The Morgan fingerprint density at radius 1 is 1.39 bits per heavy atom. The van der Waals surface area contributed by atoms with E-state index in [2.05, 4.69) is 0 Å². The zero-order chi connectivity index (χ0) is 17.1. The molecule has 2 rings (SSSR count). The predicted octanol–water partition coefficient (Wildman–Crippen LogP) is 2.38. The number of rotatable bonds is 5. The summed E-state index contributed by atoms with van der Waals surface area (Å²) in [5, 5.41) is 9.09. The van der Waals surface area contributed by atoms with Gasteiger partial charge in [0.05, 0.1) is 19.1 Å². The van der Waals surface area contributed by atoms with E-state index in [1.54, 1.807) is 24.3 Å². The minimum absolute atomic E-state index is 0.220. The number of carbonyl (C=O) groups excluding carboxylic acids is 1. The zero-order valence-corrected chi connectivity index (χ0v) is 14.4. The molecule has 0 spiro atoms. The van der Waals surface area contributed by atoms with Crippen molar-refractivity contribution in [2.24, 2.45) is 0 Å². The molecule has 1 aromatic rings. The monoisotopic (exact) mass is 353 g/mol. The number of nitrogens with zero attached hydrogens (tertiary/aromatic N) is 1. The number of thioether (sulfide) groups is 1. The van der Waals surface area contributed by atoms with Crippen LogP contribution in [0.4, 0.5) is 0 Å². The third-order valence-corrected chi connectivity index (χ3v) is 4.62. The lowest BCUT2D eigenvalue weighted by molar-refractivity contribution is -0.144. The number of methoxy groups -OCH3 is 2. The molecule has 1 atom stereocenters. The van der Waals surface area contributed by atoms with Gasteiger partial charge in [0, 0.05) is 5.56 Å². The quantitative estimate of drug-likeness (QED) is 0.643. The third kappa shape index (κ3) is 3.32. The van der Waals surface area contributed by atoms with Crippen LogP contribution in [-0.2, 0) is 9.59 Å². The lowest BCUT2D eigenvalue weighted by atomic mass is 10.1. The minimum atomic E-state index is -1.11. The fourth-order valence-electron chi connectivity index (χ4n) is 2.09. The Kier molecular flexibility index (Phi) is 5.27. The van der Waals surface area contributed by atoms with Crippen LogP contribution in [0.25, 0.3) is 6.08 Å². The topological polar surface area (TPSA) is 76.1 Å². The summed E-state index contributed by atoms with van der Waals surface area (Å²) < 4.78 is 10.8. The van der Waals surface area contributed by atoms with Gasteiger partial charge in [-0.1, -0.05) is 36.1 Å². The lowest BCUT2D eigenvalue weighted by Gasteiger charge is -2.18. The van der Waals surface area contributed by atoms with Crippen LogP contribution in [-0.4, -0.2) is 46.5 Å². The first-order chi connectivity index (χ1) is 10.9. The normalized spacial score (nSPS) is 17.5. The second-order valence-corrected chi connectivity index (χ2v) is 6.32. The van der Waals surface area contributed by atoms with Gasteiger partial charge in [-0.05, 0) is 19.1 Å². The molecule has 1 aliphatic heterocycles. The van der Waals surface area contributed by atoms with Gasteiger partial charge in [0.1, 0.15) is 10.4 Å². The molecular weight excluding hydrogens is 338 g/mol. The van der Waals surface area contributed by atoms with Crippen LogP contribution < -0.4 is 9.47 Å². The van der Waals surface area contributed by atoms with Crippen LogP contribution in [0.1, 0.15) is 12.5 Å². The molecule has 1 aromatic carbocycles. The largest absolute Gasteiger partial charge is 0.493 e. The molecule has 1 fully saturated rings. The highest BCUT2D eigenvalue weighted by atomic mass is 32.2. The van der Waals surface area contributed by atoms with Crippen molar-refractivity contribution in [1.82, 2.24) is 4.90 Å². The van der Waals surface area contributed by atoms with Gasteiger partial charge in [0.2, 0.25) is 0 Å². The van der Waals surface area contributed by atoms with Gasteiger partial charge in [0.15, 0.2) is 11.5 Å². The summed E-state index contributed by atoms with van der Waals surface area (Å²) in [6.07, 6.45) is 1.62. The maximum Gasteiger partial charge on any atom is 0.326 e. The van der Waals surface area contributed by atoms with E-state index in [0.717, 1.165) is 16.7 Å². The van der Waals surface area contributed by atoms with Crippen molar-refractivity contribution in [2.75, 3.05) is 14.2 Å². The molecule has 1 N–H and O–H groups in total. The number of carbonyl (C=O) groups is 2. The molecule has 0 radical (unpaired) electrons. The highest BCUT2D eigenvalue weighted by Gasteiger charge is 2.38.